The maximum absolute atomic E-state index is 10.5. The first-order valence-corrected chi connectivity index (χ1v) is 5.05. The molecule has 0 heterocycles. The monoisotopic (exact) mass is 204 g/mol. The molecule has 0 bridgehead atoms. The van der Waals surface area contributed by atoms with E-state index in [0.717, 1.165) is 12.0 Å². The van der Waals surface area contributed by atoms with Crippen LogP contribution < -0.4 is 0 Å². The second-order valence-electron chi connectivity index (χ2n) is 3.81. The summed E-state index contributed by atoms with van der Waals surface area (Å²) < 4.78 is 0. The van der Waals surface area contributed by atoms with E-state index < -0.39 is 5.97 Å². The molecule has 0 saturated carbocycles. The van der Waals surface area contributed by atoms with Crippen molar-refractivity contribution in [2.45, 2.75) is 19.8 Å². The van der Waals surface area contributed by atoms with Crippen LogP contribution in [0.5, 0.6) is 0 Å². The number of hydrogen-bond acceptors (Lipinski definition) is 1. The predicted octanol–water partition coefficient (Wildman–Crippen LogP) is 2.98. The maximum Gasteiger partial charge on any atom is 0.303 e. The Morgan fingerprint density at radius 2 is 2.20 bits per heavy atom. The molecular weight excluding hydrogens is 188 g/mol. The first-order valence-electron chi connectivity index (χ1n) is 5.05. The van der Waals surface area contributed by atoms with E-state index in [1.54, 1.807) is 0 Å². The topological polar surface area (TPSA) is 37.3 Å². The first kappa shape index (κ1) is 11.5. The van der Waals surface area contributed by atoms with Crippen LogP contribution in [-0.2, 0) is 11.2 Å². The van der Waals surface area contributed by atoms with Crippen LogP contribution in [-0.4, -0.2) is 11.1 Å². The lowest BCUT2D eigenvalue weighted by atomic mass is 9.95. The van der Waals surface area contributed by atoms with E-state index in [4.69, 9.17) is 5.11 Å². The van der Waals surface area contributed by atoms with E-state index in [9.17, 15) is 4.79 Å². The third-order valence-electron chi connectivity index (χ3n) is 2.37. The van der Waals surface area contributed by atoms with Crippen molar-refractivity contribution in [3.63, 3.8) is 0 Å². The molecule has 0 saturated heterocycles. The van der Waals surface area contributed by atoms with E-state index in [1.807, 2.05) is 37.3 Å². The van der Waals surface area contributed by atoms with Gasteiger partial charge in [-0.25, -0.2) is 0 Å². The lowest BCUT2D eigenvalue weighted by Gasteiger charge is -2.10. The van der Waals surface area contributed by atoms with Crippen molar-refractivity contribution in [3.05, 3.63) is 42.0 Å². The highest BCUT2D eigenvalue weighted by atomic mass is 16.4. The molecule has 1 atom stereocenters. The Morgan fingerprint density at radius 1 is 1.53 bits per heavy atom. The number of carboxylic acid groups (broad SMARTS) is 1. The Balaban J connectivity index is 2.71. The summed E-state index contributed by atoms with van der Waals surface area (Å²) in [6.45, 7) is 5.70. The van der Waals surface area contributed by atoms with E-state index in [-0.39, 0.29) is 12.3 Å². The van der Waals surface area contributed by atoms with Crippen LogP contribution in [0.15, 0.2) is 30.8 Å². The third-order valence-corrected chi connectivity index (χ3v) is 2.37. The van der Waals surface area contributed by atoms with Gasteiger partial charge in [-0.1, -0.05) is 43.8 Å². The minimum Gasteiger partial charge on any atom is -0.481 e. The Kier molecular flexibility index (Phi) is 4.10. The molecule has 0 amide bonds. The van der Waals surface area contributed by atoms with Crippen molar-refractivity contribution >= 4 is 12.0 Å². The fourth-order valence-electron chi connectivity index (χ4n) is 1.66. The lowest BCUT2D eigenvalue weighted by Crippen LogP contribution is -2.07. The molecular formula is C13H16O2. The normalized spacial score (nSPS) is 12.1. The smallest absolute Gasteiger partial charge is 0.303 e. The number of hydrogen-bond donors (Lipinski definition) is 1. The zero-order valence-electron chi connectivity index (χ0n) is 8.94. The number of carbonyl (C=O) groups is 1. The highest BCUT2D eigenvalue weighted by Gasteiger charge is 2.09. The van der Waals surface area contributed by atoms with Gasteiger partial charge in [-0.2, -0.15) is 0 Å². The summed E-state index contributed by atoms with van der Waals surface area (Å²) in [5.41, 5.74) is 2.26. The molecule has 1 aromatic carbocycles. The first-order chi connectivity index (χ1) is 7.13. The molecule has 0 aliphatic carbocycles. The minimum absolute atomic E-state index is 0.156. The number of aliphatic carboxylic acids is 1. The fourth-order valence-corrected chi connectivity index (χ4v) is 1.66. The molecule has 0 spiro atoms. The van der Waals surface area contributed by atoms with Crippen LogP contribution in [0, 0.1) is 5.92 Å². The summed E-state index contributed by atoms with van der Waals surface area (Å²) in [4.78, 5) is 10.5. The van der Waals surface area contributed by atoms with Gasteiger partial charge in [0, 0.05) is 6.42 Å². The molecule has 0 fully saturated rings. The van der Waals surface area contributed by atoms with Gasteiger partial charge in [0.2, 0.25) is 0 Å². The Labute approximate surface area is 90.3 Å². The van der Waals surface area contributed by atoms with Gasteiger partial charge in [0.1, 0.15) is 0 Å². The lowest BCUT2D eigenvalue weighted by molar-refractivity contribution is -0.137. The van der Waals surface area contributed by atoms with Crippen molar-refractivity contribution in [1.82, 2.24) is 0 Å². The van der Waals surface area contributed by atoms with Crippen LogP contribution in [0.4, 0.5) is 0 Å². The summed E-state index contributed by atoms with van der Waals surface area (Å²) in [6, 6.07) is 7.95. The van der Waals surface area contributed by atoms with Crippen LogP contribution in [0.2, 0.25) is 0 Å². The summed E-state index contributed by atoms with van der Waals surface area (Å²) in [7, 11) is 0. The SMILES string of the molecule is C=Cc1ccccc1CC(C)CC(=O)O. The predicted molar refractivity (Wildman–Crippen MR) is 61.7 cm³/mol. The Bertz CT molecular complexity index is 355. The Morgan fingerprint density at radius 3 is 2.80 bits per heavy atom. The van der Waals surface area contributed by atoms with Gasteiger partial charge in [-0.15, -0.1) is 0 Å². The van der Waals surface area contributed by atoms with Crippen molar-refractivity contribution in [1.29, 1.82) is 0 Å². The molecule has 15 heavy (non-hydrogen) atoms. The Hall–Kier alpha value is -1.57. The maximum atomic E-state index is 10.5. The van der Waals surface area contributed by atoms with E-state index in [2.05, 4.69) is 6.58 Å². The highest BCUT2D eigenvalue weighted by Crippen LogP contribution is 2.16. The van der Waals surface area contributed by atoms with Crippen molar-refractivity contribution in [3.8, 4) is 0 Å². The summed E-state index contributed by atoms with van der Waals surface area (Å²) in [5, 5.41) is 8.67. The van der Waals surface area contributed by atoms with Gasteiger partial charge in [-0.3, -0.25) is 4.79 Å². The zero-order valence-corrected chi connectivity index (χ0v) is 8.94. The molecule has 1 rings (SSSR count). The quantitative estimate of drug-likeness (QED) is 0.800. The van der Waals surface area contributed by atoms with Crippen molar-refractivity contribution in [2.24, 2.45) is 5.92 Å². The third kappa shape index (κ3) is 3.58. The zero-order chi connectivity index (χ0) is 11.3. The number of benzene rings is 1. The minimum atomic E-state index is -0.737. The highest BCUT2D eigenvalue weighted by molar-refractivity contribution is 5.67. The second-order valence-corrected chi connectivity index (χ2v) is 3.81. The van der Waals surface area contributed by atoms with Gasteiger partial charge in [0.05, 0.1) is 0 Å². The van der Waals surface area contributed by atoms with Crippen molar-refractivity contribution < 1.29 is 9.90 Å². The van der Waals surface area contributed by atoms with E-state index in [1.165, 1.54) is 5.56 Å². The molecule has 1 N–H and O–H groups in total. The van der Waals surface area contributed by atoms with Gasteiger partial charge in [0.15, 0.2) is 0 Å². The summed E-state index contributed by atoms with van der Waals surface area (Å²) in [6.07, 6.45) is 2.81. The molecule has 1 unspecified atom stereocenters. The van der Waals surface area contributed by atoms with Crippen LogP contribution in [0.3, 0.4) is 0 Å². The van der Waals surface area contributed by atoms with Gasteiger partial charge >= 0.3 is 5.97 Å². The van der Waals surface area contributed by atoms with Crippen molar-refractivity contribution in [2.75, 3.05) is 0 Å². The number of rotatable bonds is 5. The second kappa shape index (κ2) is 5.35. The molecule has 1 aromatic rings. The van der Waals surface area contributed by atoms with Crippen LogP contribution in [0.1, 0.15) is 24.5 Å². The van der Waals surface area contributed by atoms with E-state index >= 15 is 0 Å². The molecule has 0 aromatic heterocycles. The summed E-state index contributed by atoms with van der Waals surface area (Å²) >= 11 is 0. The molecule has 80 valence electrons. The van der Waals surface area contributed by atoms with Crippen LogP contribution in [0.25, 0.3) is 6.08 Å². The van der Waals surface area contributed by atoms with Gasteiger partial charge in [-0.05, 0) is 23.5 Å². The number of carboxylic acids is 1. The average Bonchev–Trinajstić information content (AvgIpc) is 2.17. The summed E-state index contributed by atoms with van der Waals surface area (Å²) in [5.74, 6) is -0.581. The standard InChI is InChI=1S/C13H16O2/c1-3-11-6-4-5-7-12(11)8-10(2)9-13(14)15/h3-7,10H,1,8-9H2,2H3,(H,14,15). The largest absolute Gasteiger partial charge is 0.481 e. The van der Waals surface area contributed by atoms with Gasteiger partial charge in [0.25, 0.3) is 0 Å². The fraction of sp³-hybridized carbons (Fsp3) is 0.308. The molecule has 0 aliphatic heterocycles. The molecule has 0 radical (unpaired) electrons. The van der Waals surface area contributed by atoms with Crippen LogP contribution >= 0.6 is 0 Å². The van der Waals surface area contributed by atoms with Gasteiger partial charge < -0.3 is 5.11 Å². The van der Waals surface area contributed by atoms with E-state index in [0.29, 0.717) is 0 Å². The molecule has 2 heteroatoms. The molecule has 0 aliphatic rings. The average molecular weight is 204 g/mol. The molecule has 2 nitrogen and oxygen atoms in total.